The number of carbonyl (C=O) groups is 1. The minimum atomic E-state index is -1.09. The minimum absolute atomic E-state index is 0.0698. The van der Waals surface area contributed by atoms with Crippen LogP contribution in [-0.4, -0.2) is 40.1 Å². The van der Waals surface area contributed by atoms with Gasteiger partial charge >= 0.3 is 5.97 Å². The molecule has 0 fully saturated rings. The molecule has 0 bridgehead atoms. The van der Waals surface area contributed by atoms with Gasteiger partial charge in [-0.15, -0.1) is 10.2 Å². The molecule has 1 aromatic heterocycles. The summed E-state index contributed by atoms with van der Waals surface area (Å²) in [5.41, 5.74) is 2.71. The highest BCUT2D eigenvalue weighted by atomic mass is 79.9. The van der Waals surface area contributed by atoms with Crippen LogP contribution in [0.5, 0.6) is 17.2 Å². The smallest absolute Gasteiger partial charge is 0.342 e. The molecule has 0 aliphatic carbocycles. The Bertz CT molecular complexity index is 1590. The summed E-state index contributed by atoms with van der Waals surface area (Å²) in [6, 6.07) is 20.1. The van der Waals surface area contributed by atoms with Crippen LogP contribution >= 0.6 is 27.7 Å². The first kappa shape index (κ1) is 28.7. The lowest BCUT2D eigenvalue weighted by Gasteiger charge is -2.11. The zero-order valence-corrected chi connectivity index (χ0v) is 24.3. The molecule has 0 atom stereocenters. The number of aliphatic carboxylic acids is 1. The molecule has 3 aromatic carbocycles. The third-order valence-corrected chi connectivity index (χ3v) is 7.45. The van der Waals surface area contributed by atoms with Crippen molar-refractivity contribution in [2.45, 2.75) is 25.2 Å². The Morgan fingerprint density at radius 3 is 2.45 bits per heavy atom. The average Bonchev–Trinajstić information content (AvgIpc) is 3.38. The zero-order valence-electron chi connectivity index (χ0n) is 21.9. The highest BCUT2D eigenvalue weighted by molar-refractivity contribution is 9.10. The summed E-state index contributed by atoms with van der Waals surface area (Å²) < 4.78 is 19.1. The minimum Gasteiger partial charge on any atom is -0.497 e. The van der Waals surface area contributed by atoms with Crippen molar-refractivity contribution in [3.8, 4) is 34.7 Å². The molecule has 0 saturated heterocycles. The van der Waals surface area contributed by atoms with Gasteiger partial charge in [0.05, 0.1) is 30.3 Å². The van der Waals surface area contributed by atoms with Crippen LogP contribution in [0, 0.1) is 11.3 Å². The van der Waals surface area contributed by atoms with Gasteiger partial charge < -0.3 is 23.9 Å². The van der Waals surface area contributed by atoms with Crippen molar-refractivity contribution in [3.63, 3.8) is 0 Å². The Kier molecular flexibility index (Phi) is 9.47. The molecular weight excluding hydrogens is 596 g/mol. The number of carboxylic acid groups (broad SMARTS) is 1. The van der Waals surface area contributed by atoms with Gasteiger partial charge in [0.1, 0.15) is 28.8 Å². The maximum Gasteiger partial charge on any atom is 0.342 e. The molecule has 0 radical (unpaired) electrons. The van der Waals surface area contributed by atoms with Crippen molar-refractivity contribution >= 4 is 39.7 Å². The molecule has 0 aliphatic heterocycles. The number of nitriles is 1. The van der Waals surface area contributed by atoms with Crippen molar-refractivity contribution in [2.24, 2.45) is 0 Å². The van der Waals surface area contributed by atoms with Crippen molar-refractivity contribution in [2.75, 3.05) is 14.2 Å². The third-order valence-electron chi connectivity index (χ3n) is 5.83. The van der Waals surface area contributed by atoms with Gasteiger partial charge in [0.2, 0.25) is 0 Å². The number of aromatic nitrogens is 3. The molecule has 0 amide bonds. The van der Waals surface area contributed by atoms with E-state index in [9.17, 15) is 15.2 Å². The van der Waals surface area contributed by atoms with Crippen molar-refractivity contribution in [1.82, 2.24) is 14.8 Å². The summed E-state index contributed by atoms with van der Waals surface area (Å²) in [5, 5.41) is 28.3. The monoisotopic (exact) mass is 620 g/mol. The van der Waals surface area contributed by atoms with E-state index >= 15 is 0 Å². The normalized spacial score (nSPS) is 11.1. The van der Waals surface area contributed by atoms with Gasteiger partial charge in [-0.1, -0.05) is 24.3 Å². The average molecular weight is 622 g/mol. The predicted molar refractivity (Wildman–Crippen MR) is 155 cm³/mol. The first-order chi connectivity index (χ1) is 19.4. The van der Waals surface area contributed by atoms with Crippen LogP contribution in [0.4, 0.5) is 0 Å². The Labute approximate surface area is 244 Å². The number of methoxy groups -OCH3 is 2. The van der Waals surface area contributed by atoms with Crippen LogP contribution in [0.2, 0.25) is 0 Å². The Hall–Kier alpha value is -4.27. The second-order valence-corrected chi connectivity index (χ2v) is 10.2. The van der Waals surface area contributed by atoms with E-state index < -0.39 is 5.97 Å². The second kappa shape index (κ2) is 13.2. The van der Waals surface area contributed by atoms with Crippen LogP contribution in [0.25, 0.3) is 17.5 Å². The van der Waals surface area contributed by atoms with E-state index in [0.29, 0.717) is 50.4 Å². The highest BCUT2D eigenvalue weighted by Gasteiger charge is 2.19. The van der Waals surface area contributed by atoms with E-state index in [-0.39, 0.29) is 11.5 Å². The molecule has 1 heterocycles. The number of carboxylic acids is 1. The fraction of sp³-hybridized carbons (Fsp3) is 0.172. The summed E-state index contributed by atoms with van der Waals surface area (Å²) in [4.78, 5) is 12.3. The lowest BCUT2D eigenvalue weighted by molar-refractivity contribution is -0.131. The van der Waals surface area contributed by atoms with E-state index in [1.807, 2.05) is 35.8 Å². The largest absolute Gasteiger partial charge is 0.497 e. The van der Waals surface area contributed by atoms with Gasteiger partial charge in [0.15, 0.2) is 11.0 Å². The molecule has 204 valence electrons. The maximum atomic E-state index is 12.2. The Balaban J connectivity index is 1.57. The van der Waals surface area contributed by atoms with Crippen LogP contribution in [0.1, 0.15) is 23.6 Å². The van der Waals surface area contributed by atoms with Gasteiger partial charge in [-0.3, -0.25) is 0 Å². The quantitative estimate of drug-likeness (QED) is 0.150. The van der Waals surface area contributed by atoms with Crippen LogP contribution < -0.4 is 14.2 Å². The lowest BCUT2D eigenvalue weighted by atomic mass is 10.1. The van der Waals surface area contributed by atoms with Gasteiger partial charge in [-0.2, -0.15) is 5.26 Å². The standard InChI is InChI=1S/C29H25BrN4O5S/c1-4-34-27(21-13-22(37-2)15-23(14-21)38-3)32-33-29(34)40-26(28(35)36)12-18-9-10-25(24(30)11-18)39-17-20-8-6-5-7-19(20)16-31/h5-15H,4,17H2,1-3H3,(H,35,36)/b26-12-. The van der Waals surface area contributed by atoms with Crippen molar-refractivity contribution < 1.29 is 24.1 Å². The first-order valence-electron chi connectivity index (χ1n) is 12.1. The fourth-order valence-corrected chi connectivity index (χ4v) is 5.22. The number of benzene rings is 3. The van der Waals surface area contributed by atoms with Gasteiger partial charge in [-0.05, 0) is 76.6 Å². The molecule has 0 saturated carbocycles. The molecule has 40 heavy (non-hydrogen) atoms. The number of nitrogens with zero attached hydrogens (tertiary/aromatic N) is 4. The number of halogens is 1. The SMILES string of the molecule is CCn1c(S/C(=C\c2ccc(OCc3ccccc3C#N)c(Br)c2)C(=O)O)nnc1-c1cc(OC)cc(OC)c1. The number of ether oxygens (including phenoxy) is 3. The van der Waals surface area contributed by atoms with E-state index in [2.05, 4.69) is 32.2 Å². The maximum absolute atomic E-state index is 12.2. The van der Waals surface area contributed by atoms with Crippen LogP contribution in [0.15, 0.2) is 75.2 Å². The number of hydrogen-bond acceptors (Lipinski definition) is 8. The highest BCUT2D eigenvalue weighted by Crippen LogP contribution is 2.34. The molecule has 4 rings (SSSR count). The Morgan fingerprint density at radius 2 is 1.82 bits per heavy atom. The fourth-order valence-electron chi connectivity index (χ4n) is 3.82. The topological polar surface area (TPSA) is 119 Å². The number of hydrogen-bond donors (Lipinski definition) is 1. The molecule has 4 aromatic rings. The summed E-state index contributed by atoms with van der Waals surface area (Å²) >= 11 is 4.52. The summed E-state index contributed by atoms with van der Waals surface area (Å²) in [6.45, 7) is 2.68. The van der Waals surface area contributed by atoms with E-state index in [4.69, 9.17) is 14.2 Å². The molecule has 0 spiro atoms. The zero-order chi connectivity index (χ0) is 28.6. The van der Waals surface area contributed by atoms with E-state index in [0.717, 1.165) is 22.9 Å². The second-order valence-electron chi connectivity index (χ2n) is 8.32. The molecule has 0 aliphatic rings. The summed E-state index contributed by atoms with van der Waals surface area (Å²) in [6.07, 6.45) is 1.56. The molecule has 0 unspecified atom stereocenters. The first-order valence-corrected chi connectivity index (χ1v) is 13.7. The molecular formula is C29H25BrN4O5S. The van der Waals surface area contributed by atoms with Crippen LogP contribution in [0.3, 0.4) is 0 Å². The van der Waals surface area contributed by atoms with E-state index in [1.165, 1.54) is 0 Å². The van der Waals surface area contributed by atoms with Crippen molar-refractivity contribution in [1.29, 1.82) is 5.26 Å². The van der Waals surface area contributed by atoms with Gasteiger partial charge in [0.25, 0.3) is 0 Å². The third kappa shape index (κ3) is 6.65. The molecule has 9 nitrogen and oxygen atoms in total. The van der Waals surface area contributed by atoms with Crippen LogP contribution in [-0.2, 0) is 17.9 Å². The summed E-state index contributed by atoms with van der Waals surface area (Å²) in [7, 11) is 3.14. The predicted octanol–water partition coefficient (Wildman–Crippen LogP) is 6.41. The Morgan fingerprint density at radius 1 is 1.10 bits per heavy atom. The van der Waals surface area contributed by atoms with Crippen molar-refractivity contribution in [3.05, 3.63) is 86.7 Å². The van der Waals surface area contributed by atoms with Gasteiger partial charge in [-0.25, -0.2) is 4.79 Å². The number of thioether (sulfide) groups is 1. The van der Waals surface area contributed by atoms with E-state index in [1.54, 1.807) is 56.7 Å². The molecule has 11 heteroatoms. The summed E-state index contributed by atoms with van der Waals surface area (Å²) in [5.74, 6) is 1.25. The molecule has 1 N–H and O–H groups in total. The van der Waals surface area contributed by atoms with Gasteiger partial charge in [0, 0.05) is 23.7 Å². The lowest BCUT2D eigenvalue weighted by Crippen LogP contribution is -2.03. The number of rotatable bonds is 11.